The van der Waals surface area contributed by atoms with Gasteiger partial charge in [-0.15, -0.1) is 0 Å². The minimum Gasteiger partial charge on any atom is -0.497 e. The Hall–Kier alpha value is -8.74. The van der Waals surface area contributed by atoms with Crippen LogP contribution in [-0.4, -0.2) is 40.9 Å². The molecule has 0 saturated heterocycles. The van der Waals surface area contributed by atoms with Crippen LogP contribution in [0.5, 0.6) is 17.2 Å². The van der Waals surface area contributed by atoms with Crippen molar-refractivity contribution in [3.63, 3.8) is 0 Å². The van der Waals surface area contributed by atoms with Crippen molar-refractivity contribution in [2.24, 2.45) is 0 Å². The number of fused-ring (bicyclic) bond motifs is 2. The molecule has 2 aromatic heterocycles. The predicted molar refractivity (Wildman–Crippen MR) is 254 cm³/mol. The van der Waals surface area contributed by atoms with Gasteiger partial charge in [-0.3, -0.25) is 14.4 Å². The standard InChI is InChI=1S/C54H36N4O7S/c1-64-41-25-17-35(18-26-41)50-46-11-5-8-14-49(46)54(61)58(56-50)40-23-31-44(32-24-40)66(62,63)45-33-29-43(30-34-45)65-42-27-19-36(20-28-42)51-47-12-6-7-13-48(47)53(60)57(55-51)39-21-15-38(16-22-39)52(59)37-9-3-2-4-10-37/h2-34H,1H3. The predicted octanol–water partition coefficient (Wildman–Crippen LogP) is 10.3. The van der Waals surface area contributed by atoms with Gasteiger partial charge in [0.05, 0.1) is 50.4 Å². The van der Waals surface area contributed by atoms with E-state index in [9.17, 15) is 22.8 Å². The lowest BCUT2D eigenvalue weighted by molar-refractivity contribution is 0.103. The number of nitrogens with zero attached hydrogens (tertiary/aromatic N) is 4. The maximum Gasteiger partial charge on any atom is 0.279 e. The molecule has 0 aliphatic carbocycles. The maximum atomic E-state index is 13.8. The van der Waals surface area contributed by atoms with Gasteiger partial charge in [0.25, 0.3) is 11.1 Å². The van der Waals surface area contributed by atoms with Crippen molar-refractivity contribution in [1.82, 2.24) is 19.6 Å². The van der Waals surface area contributed by atoms with Gasteiger partial charge in [0.15, 0.2) is 5.78 Å². The van der Waals surface area contributed by atoms with E-state index in [1.807, 2.05) is 78.9 Å². The van der Waals surface area contributed by atoms with Crippen molar-refractivity contribution < 1.29 is 22.7 Å². The third-order valence-electron chi connectivity index (χ3n) is 11.3. The smallest absolute Gasteiger partial charge is 0.279 e. The van der Waals surface area contributed by atoms with E-state index in [1.165, 1.54) is 33.6 Å². The number of hydrogen-bond acceptors (Lipinski definition) is 9. The quantitative estimate of drug-likeness (QED) is 0.116. The van der Waals surface area contributed by atoms with Crippen molar-refractivity contribution in [2.75, 3.05) is 7.11 Å². The highest BCUT2D eigenvalue weighted by Gasteiger charge is 2.20. The minimum absolute atomic E-state index is 0.0439. The first-order chi connectivity index (χ1) is 32.2. The Morgan fingerprint density at radius 3 is 1.29 bits per heavy atom. The summed E-state index contributed by atoms with van der Waals surface area (Å²) in [6.07, 6.45) is 0. The fourth-order valence-electron chi connectivity index (χ4n) is 7.82. The lowest BCUT2D eigenvalue weighted by Crippen LogP contribution is -2.22. The van der Waals surface area contributed by atoms with Crippen LogP contribution in [-0.2, 0) is 9.84 Å². The largest absolute Gasteiger partial charge is 0.497 e. The number of aromatic nitrogens is 4. The molecular weight excluding hydrogens is 849 g/mol. The second-order valence-corrected chi connectivity index (χ2v) is 17.2. The summed E-state index contributed by atoms with van der Waals surface area (Å²) in [5, 5.41) is 11.9. The molecule has 11 nitrogen and oxygen atoms in total. The van der Waals surface area contributed by atoms with E-state index >= 15 is 0 Å². The van der Waals surface area contributed by atoms with Crippen molar-refractivity contribution in [1.29, 1.82) is 0 Å². The third kappa shape index (κ3) is 7.71. The second kappa shape index (κ2) is 17.1. The molecule has 0 atom stereocenters. The first-order valence-electron chi connectivity index (χ1n) is 20.8. The summed E-state index contributed by atoms with van der Waals surface area (Å²) in [7, 11) is -2.36. The minimum atomic E-state index is -3.95. The van der Waals surface area contributed by atoms with Gasteiger partial charge < -0.3 is 9.47 Å². The molecule has 0 amide bonds. The lowest BCUT2D eigenvalue weighted by atomic mass is 10.0. The molecule has 2 heterocycles. The highest BCUT2D eigenvalue weighted by Crippen LogP contribution is 2.32. The Morgan fingerprint density at radius 2 is 0.818 bits per heavy atom. The number of carbonyl (C=O) groups excluding carboxylic acids is 1. The highest BCUT2D eigenvalue weighted by atomic mass is 32.2. The summed E-state index contributed by atoms with van der Waals surface area (Å²) in [4.78, 5) is 40.5. The van der Waals surface area contributed by atoms with Crippen molar-refractivity contribution >= 4 is 37.2 Å². The SMILES string of the molecule is COc1ccc(-c2nn(-c3ccc(S(=O)(=O)c4ccc(Oc5ccc(-c6nn(-c7ccc(C(=O)c8ccccc8)cc7)c(=O)c7ccccc67)cc5)cc4)cc3)c(=O)c3ccccc23)cc1. The van der Waals surface area contributed by atoms with Crippen LogP contribution in [0.2, 0.25) is 0 Å². The van der Waals surface area contributed by atoms with Crippen molar-refractivity contribution in [2.45, 2.75) is 9.79 Å². The molecule has 12 heteroatoms. The molecule has 0 aliphatic heterocycles. The van der Waals surface area contributed by atoms with Crippen LogP contribution in [0.15, 0.2) is 220 Å². The molecule has 8 aromatic carbocycles. The van der Waals surface area contributed by atoms with Gasteiger partial charge in [0.2, 0.25) is 9.84 Å². The first-order valence-corrected chi connectivity index (χ1v) is 22.3. The molecule has 66 heavy (non-hydrogen) atoms. The van der Waals surface area contributed by atoms with Gasteiger partial charge in [0.1, 0.15) is 17.2 Å². The number of hydrogen-bond donors (Lipinski definition) is 0. The Morgan fingerprint density at radius 1 is 0.439 bits per heavy atom. The Kier molecular flexibility index (Phi) is 10.7. The summed E-state index contributed by atoms with van der Waals surface area (Å²) in [6.45, 7) is 0. The lowest BCUT2D eigenvalue weighted by Gasteiger charge is -2.13. The fraction of sp³-hybridized carbons (Fsp3) is 0.0185. The van der Waals surface area contributed by atoms with E-state index < -0.39 is 9.84 Å². The summed E-state index contributed by atoms with van der Waals surface area (Å²) < 4.78 is 41.7. The van der Waals surface area contributed by atoms with E-state index in [1.54, 1.807) is 104 Å². The molecular formula is C54H36N4O7S. The van der Waals surface area contributed by atoms with E-state index in [0.29, 0.717) is 72.7 Å². The summed E-state index contributed by atoms with van der Waals surface area (Å²) in [5.41, 5.74) is 4.03. The number of ether oxygens (including phenoxy) is 2. The Bertz CT molecular complexity index is 3690. The van der Waals surface area contributed by atoms with E-state index in [4.69, 9.17) is 19.7 Å². The van der Waals surface area contributed by atoms with E-state index in [2.05, 4.69) is 0 Å². The molecule has 320 valence electrons. The average molecular weight is 885 g/mol. The van der Waals surface area contributed by atoms with Crippen LogP contribution in [0.25, 0.3) is 55.4 Å². The molecule has 10 aromatic rings. The van der Waals surface area contributed by atoms with Crippen molar-refractivity contribution in [3.05, 3.63) is 232 Å². The summed E-state index contributed by atoms with van der Waals surface area (Å²) in [5.74, 6) is 1.48. The van der Waals surface area contributed by atoms with Crippen LogP contribution >= 0.6 is 0 Å². The van der Waals surface area contributed by atoms with E-state index in [-0.39, 0.29) is 26.7 Å². The molecule has 0 spiro atoms. The molecule has 0 fully saturated rings. The van der Waals surface area contributed by atoms with Crippen LogP contribution in [0.1, 0.15) is 15.9 Å². The van der Waals surface area contributed by atoms with Gasteiger partial charge in [0, 0.05) is 33.0 Å². The van der Waals surface area contributed by atoms with Crippen LogP contribution in [0.3, 0.4) is 0 Å². The monoisotopic (exact) mass is 884 g/mol. The molecule has 0 bridgehead atoms. The van der Waals surface area contributed by atoms with Crippen molar-refractivity contribution in [3.8, 4) is 51.1 Å². The van der Waals surface area contributed by atoms with Gasteiger partial charge in [-0.25, -0.2) is 8.42 Å². The molecule has 0 N–H and O–H groups in total. The highest BCUT2D eigenvalue weighted by molar-refractivity contribution is 7.91. The number of benzene rings is 8. The molecule has 0 radical (unpaired) electrons. The van der Waals surface area contributed by atoms with Crippen LogP contribution < -0.4 is 20.6 Å². The zero-order valence-electron chi connectivity index (χ0n) is 35.1. The normalized spacial score (nSPS) is 11.4. The molecule has 0 aliphatic rings. The van der Waals surface area contributed by atoms with Gasteiger partial charge in [-0.2, -0.15) is 19.6 Å². The van der Waals surface area contributed by atoms with Gasteiger partial charge in [-0.05, 0) is 133 Å². The Labute approximate surface area is 377 Å². The number of sulfone groups is 1. The molecule has 0 unspecified atom stereocenters. The number of carbonyl (C=O) groups is 1. The number of ketones is 1. The Balaban J connectivity index is 0.872. The van der Waals surface area contributed by atoms with E-state index in [0.717, 1.165) is 11.1 Å². The topological polar surface area (TPSA) is 139 Å². The van der Waals surface area contributed by atoms with Gasteiger partial charge in [-0.1, -0.05) is 66.7 Å². The number of rotatable bonds is 11. The molecule has 0 saturated carbocycles. The zero-order valence-corrected chi connectivity index (χ0v) is 35.9. The fourth-order valence-corrected chi connectivity index (χ4v) is 9.08. The second-order valence-electron chi connectivity index (χ2n) is 15.3. The maximum absolute atomic E-state index is 13.8. The number of methoxy groups -OCH3 is 1. The molecule has 10 rings (SSSR count). The third-order valence-corrected chi connectivity index (χ3v) is 13.1. The summed E-state index contributed by atoms with van der Waals surface area (Å²) in [6, 6.07) is 57.1. The van der Waals surface area contributed by atoms with Gasteiger partial charge >= 0.3 is 0 Å². The average Bonchev–Trinajstić information content (AvgIpc) is 3.37. The van der Waals surface area contributed by atoms with Crippen LogP contribution in [0, 0.1) is 0 Å². The summed E-state index contributed by atoms with van der Waals surface area (Å²) >= 11 is 0. The zero-order chi connectivity index (χ0) is 45.4. The van der Waals surface area contributed by atoms with Crippen LogP contribution in [0.4, 0.5) is 0 Å². The first kappa shape index (κ1) is 41.3.